The van der Waals surface area contributed by atoms with Crippen molar-refractivity contribution < 1.29 is 14.7 Å². The van der Waals surface area contributed by atoms with Crippen LogP contribution in [0, 0.1) is 22.0 Å². The molecule has 0 spiro atoms. The van der Waals surface area contributed by atoms with Gasteiger partial charge in [0.15, 0.2) is 0 Å². The molecule has 27 heavy (non-hydrogen) atoms. The van der Waals surface area contributed by atoms with Crippen LogP contribution in [0.4, 0.5) is 0 Å². The zero-order valence-electron chi connectivity index (χ0n) is 13.8. The van der Waals surface area contributed by atoms with Gasteiger partial charge >= 0.3 is 0 Å². The largest absolute Gasteiger partial charge is 0.506 e. The Morgan fingerprint density at radius 2 is 1.70 bits per heavy atom. The molecule has 1 unspecified atom stereocenters. The van der Waals surface area contributed by atoms with E-state index in [9.17, 15) is 14.7 Å². The molecule has 0 bridgehead atoms. The molecule has 0 radical (unpaired) electrons. The molecule has 0 saturated heterocycles. The van der Waals surface area contributed by atoms with E-state index in [2.05, 4.69) is 33.2 Å². The molecule has 3 N–H and O–H groups in total. The van der Waals surface area contributed by atoms with E-state index >= 15 is 0 Å². The normalized spacial score (nSPS) is 11.3. The standard InChI is InChI=1S/C18H14I3N3O3/c19-12-3-1-11(2-4-12)17(26)24-15(18(27)23-6-5-22)9-10-7-13(20)16(25)14(21)8-10/h1-4,7-8,15,25H,6,9H2,(H,23,27)(H,24,26). The second-order valence-corrected chi connectivity index (χ2v) is 9.09. The van der Waals surface area contributed by atoms with E-state index in [1.165, 1.54) is 0 Å². The summed E-state index contributed by atoms with van der Waals surface area (Å²) >= 11 is 6.17. The van der Waals surface area contributed by atoms with Gasteiger partial charge in [-0.2, -0.15) is 5.26 Å². The average molecular weight is 701 g/mol. The van der Waals surface area contributed by atoms with Crippen molar-refractivity contribution in [3.8, 4) is 11.8 Å². The fraction of sp³-hybridized carbons (Fsp3) is 0.167. The van der Waals surface area contributed by atoms with Crippen LogP contribution in [0.1, 0.15) is 15.9 Å². The molecule has 0 aliphatic heterocycles. The quantitative estimate of drug-likeness (QED) is 0.319. The molecular weight excluding hydrogens is 687 g/mol. The lowest BCUT2D eigenvalue weighted by Gasteiger charge is -2.18. The first-order valence-electron chi connectivity index (χ1n) is 7.69. The van der Waals surface area contributed by atoms with Crippen molar-refractivity contribution in [3.05, 3.63) is 58.2 Å². The lowest BCUT2D eigenvalue weighted by Crippen LogP contribution is -2.48. The summed E-state index contributed by atoms with van der Waals surface area (Å²) in [5.41, 5.74) is 1.24. The van der Waals surface area contributed by atoms with Crippen molar-refractivity contribution in [2.75, 3.05) is 6.54 Å². The summed E-state index contributed by atoms with van der Waals surface area (Å²) in [5, 5.41) is 23.8. The number of nitrogens with zero attached hydrogens (tertiary/aromatic N) is 1. The number of nitriles is 1. The third-order valence-corrected chi connectivity index (χ3v) is 5.95. The Hall–Kier alpha value is -1.14. The summed E-state index contributed by atoms with van der Waals surface area (Å²) in [6, 6.07) is 11.5. The van der Waals surface area contributed by atoms with Gasteiger partial charge in [-0.1, -0.05) is 0 Å². The zero-order valence-corrected chi connectivity index (χ0v) is 20.3. The van der Waals surface area contributed by atoms with Crippen LogP contribution in [0.5, 0.6) is 5.75 Å². The Morgan fingerprint density at radius 3 is 2.26 bits per heavy atom. The van der Waals surface area contributed by atoms with Crippen LogP contribution in [0.3, 0.4) is 0 Å². The van der Waals surface area contributed by atoms with Crippen LogP contribution >= 0.6 is 67.8 Å². The Labute approximate surface area is 197 Å². The second-order valence-electron chi connectivity index (χ2n) is 5.52. The van der Waals surface area contributed by atoms with E-state index in [1.54, 1.807) is 24.3 Å². The van der Waals surface area contributed by atoms with Crippen LogP contribution in [0.25, 0.3) is 0 Å². The van der Waals surface area contributed by atoms with E-state index in [4.69, 9.17) is 5.26 Å². The van der Waals surface area contributed by atoms with Crippen molar-refractivity contribution in [3.63, 3.8) is 0 Å². The van der Waals surface area contributed by atoms with Gasteiger partial charge in [0.1, 0.15) is 18.3 Å². The number of rotatable bonds is 6. The molecule has 2 amide bonds. The second kappa shape index (κ2) is 10.4. The summed E-state index contributed by atoms with van der Waals surface area (Å²) < 4.78 is 2.32. The zero-order chi connectivity index (χ0) is 20.0. The lowest BCUT2D eigenvalue weighted by atomic mass is 10.0. The molecule has 0 fully saturated rings. The number of aromatic hydroxyl groups is 1. The van der Waals surface area contributed by atoms with Gasteiger partial charge < -0.3 is 15.7 Å². The lowest BCUT2D eigenvalue weighted by molar-refractivity contribution is -0.122. The Bertz CT molecular complexity index is 872. The third-order valence-electron chi connectivity index (χ3n) is 3.59. The molecule has 0 aliphatic carbocycles. The highest BCUT2D eigenvalue weighted by Gasteiger charge is 2.22. The minimum atomic E-state index is -0.846. The number of benzene rings is 2. The number of hydrogen-bond donors (Lipinski definition) is 3. The topological polar surface area (TPSA) is 102 Å². The van der Waals surface area contributed by atoms with Gasteiger partial charge in [-0.05, 0) is 110 Å². The number of halogens is 3. The molecule has 2 rings (SSSR count). The number of hydrogen-bond acceptors (Lipinski definition) is 4. The van der Waals surface area contributed by atoms with Crippen LogP contribution in [-0.4, -0.2) is 29.5 Å². The predicted molar refractivity (Wildman–Crippen MR) is 126 cm³/mol. The first-order valence-corrected chi connectivity index (χ1v) is 10.9. The molecule has 2 aromatic carbocycles. The maximum atomic E-state index is 12.5. The molecule has 140 valence electrons. The number of amides is 2. The first kappa shape index (κ1) is 22.2. The molecule has 0 heterocycles. The molecule has 9 heteroatoms. The monoisotopic (exact) mass is 701 g/mol. The number of carbonyl (C=O) groups excluding carboxylic acids is 2. The van der Waals surface area contributed by atoms with E-state index in [-0.39, 0.29) is 24.6 Å². The highest BCUT2D eigenvalue weighted by atomic mass is 127. The van der Waals surface area contributed by atoms with Gasteiger partial charge in [-0.25, -0.2) is 0 Å². The van der Waals surface area contributed by atoms with Crippen molar-refractivity contribution >= 4 is 79.6 Å². The third kappa shape index (κ3) is 6.46. The number of carbonyl (C=O) groups is 2. The van der Waals surface area contributed by atoms with Crippen LogP contribution in [-0.2, 0) is 11.2 Å². The van der Waals surface area contributed by atoms with Crippen LogP contribution in [0.15, 0.2) is 36.4 Å². The van der Waals surface area contributed by atoms with E-state index in [1.807, 2.05) is 63.4 Å². The van der Waals surface area contributed by atoms with Crippen LogP contribution in [0.2, 0.25) is 0 Å². The van der Waals surface area contributed by atoms with Gasteiger partial charge in [-0.3, -0.25) is 9.59 Å². The van der Waals surface area contributed by atoms with Gasteiger partial charge in [0.05, 0.1) is 13.2 Å². The molecule has 6 nitrogen and oxygen atoms in total. The van der Waals surface area contributed by atoms with Crippen LogP contribution < -0.4 is 10.6 Å². The Kier molecular flexibility index (Phi) is 8.55. The van der Waals surface area contributed by atoms with Crippen molar-refractivity contribution in [1.82, 2.24) is 10.6 Å². The summed E-state index contributed by atoms with van der Waals surface area (Å²) in [5.74, 6) is -0.617. The molecule has 1 atom stereocenters. The highest BCUT2D eigenvalue weighted by Crippen LogP contribution is 2.27. The minimum absolute atomic E-state index is 0.140. The van der Waals surface area contributed by atoms with Crippen molar-refractivity contribution in [2.24, 2.45) is 0 Å². The summed E-state index contributed by atoms with van der Waals surface area (Å²) in [6.07, 6.45) is 0.236. The van der Waals surface area contributed by atoms with Gasteiger partial charge in [-0.15, -0.1) is 0 Å². The van der Waals surface area contributed by atoms with E-state index in [0.29, 0.717) is 12.7 Å². The molecule has 0 aromatic heterocycles. The smallest absolute Gasteiger partial charge is 0.251 e. The first-order chi connectivity index (χ1) is 12.8. The minimum Gasteiger partial charge on any atom is -0.506 e. The maximum Gasteiger partial charge on any atom is 0.251 e. The summed E-state index contributed by atoms with van der Waals surface area (Å²) in [6.45, 7) is -0.140. The van der Waals surface area contributed by atoms with Gasteiger partial charge in [0, 0.05) is 15.6 Å². The maximum absolute atomic E-state index is 12.5. The van der Waals surface area contributed by atoms with Gasteiger partial charge in [0.25, 0.3) is 5.91 Å². The molecule has 2 aromatic rings. The van der Waals surface area contributed by atoms with Crippen molar-refractivity contribution in [1.29, 1.82) is 5.26 Å². The molecular formula is C18H14I3N3O3. The Balaban J connectivity index is 2.23. The highest BCUT2D eigenvalue weighted by molar-refractivity contribution is 14.1. The fourth-order valence-electron chi connectivity index (χ4n) is 2.27. The SMILES string of the molecule is N#CCNC(=O)C(Cc1cc(I)c(O)c(I)c1)NC(=O)c1ccc(I)cc1. The van der Waals surface area contributed by atoms with Gasteiger partial charge in [0.2, 0.25) is 5.91 Å². The summed E-state index contributed by atoms with van der Waals surface area (Å²) in [7, 11) is 0. The van der Waals surface area contributed by atoms with Crippen molar-refractivity contribution in [2.45, 2.75) is 12.5 Å². The molecule has 0 saturated carbocycles. The fourth-order valence-corrected chi connectivity index (χ4v) is 4.53. The predicted octanol–water partition coefficient (Wildman–Crippen LogP) is 3.19. The van der Waals surface area contributed by atoms with E-state index < -0.39 is 11.9 Å². The Morgan fingerprint density at radius 1 is 1.11 bits per heavy atom. The summed E-state index contributed by atoms with van der Waals surface area (Å²) in [4.78, 5) is 25.0. The average Bonchev–Trinajstić information content (AvgIpc) is 2.64. The van der Waals surface area contributed by atoms with E-state index in [0.717, 1.165) is 9.13 Å². The molecule has 0 aliphatic rings. The number of nitrogens with one attached hydrogen (secondary N) is 2. The number of phenolic OH excluding ortho intramolecular Hbond substituents is 1. The number of phenols is 1.